The highest BCUT2D eigenvalue weighted by atomic mass is 79.9. The van der Waals surface area contributed by atoms with Gasteiger partial charge in [-0.25, -0.2) is 0 Å². The summed E-state index contributed by atoms with van der Waals surface area (Å²) < 4.78 is 11.7. The van der Waals surface area contributed by atoms with E-state index < -0.39 is 0 Å². The highest BCUT2D eigenvalue weighted by Gasteiger charge is 2.11. The average Bonchev–Trinajstić information content (AvgIpc) is 2.92. The topological polar surface area (TPSA) is 30.5 Å². The Morgan fingerprint density at radius 2 is 2.15 bits per heavy atom. The number of nitrogens with one attached hydrogen (secondary N) is 1. The molecule has 0 aliphatic carbocycles. The number of rotatable bonds is 4. The molecule has 4 heteroatoms. The highest BCUT2D eigenvalue weighted by molar-refractivity contribution is 9.10. The summed E-state index contributed by atoms with van der Waals surface area (Å²) in [6, 6.07) is 12.4. The molecule has 0 fully saturated rings. The van der Waals surface area contributed by atoms with Gasteiger partial charge in [0.05, 0.1) is 18.2 Å². The summed E-state index contributed by atoms with van der Waals surface area (Å²) in [6.07, 6.45) is 0.999. The van der Waals surface area contributed by atoms with E-state index in [4.69, 9.17) is 9.47 Å². The van der Waals surface area contributed by atoms with Crippen LogP contribution in [0.3, 0.4) is 0 Å². The second kappa shape index (κ2) is 5.75. The zero-order valence-electron chi connectivity index (χ0n) is 11.3. The number of benzene rings is 2. The first-order valence-corrected chi connectivity index (χ1v) is 7.37. The van der Waals surface area contributed by atoms with Crippen molar-refractivity contribution in [1.29, 1.82) is 0 Å². The van der Waals surface area contributed by atoms with Crippen LogP contribution in [0.5, 0.6) is 11.5 Å². The predicted molar refractivity (Wildman–Crippen MR) is 83.7 cm³/mol. The first-order chi connectivity index (χ1) is 9.76. The van der Waals surface area contributed by atoms with E-state index in [0.717, 1.165) is 41.2 Å². The normalized spacial score (nSPS) is 12.7. The Morgan fingerprint density at radius 3 is 2.95 bits per heavy atom. The minimum Gasteiger partial charge on any atom is -0.496 e. The second-order valence-electron chi connectivity index (χ2n) is 4.74. The third kappa shape index (κ3) is 2.75. The molecule has 0 spiro atoms. The Balaban J connectivity index is 1.69. The van der Waals surface area contributed by atoms with E-state index in [2.05, 4.69) is 45.5 Å². The number of ether oxygens (including phenoxy) is 2. The zero-order valence-corrected chi connectivity index (χ0v) is 12.9. The number of halogens is 1. The fraction of sp³-hybridized carbons (Fsp3) is 0.250. The minimum absolute atomic E-state index is 0.780. The van der Waals surface area contributed by atoms with E-state index in [1.807, 2.05) is 12.1 Å². The Bertz CT molecular complexity index is 628. The molecule has 0 atom stereocenters. The molecule has 1 aliphatic rings. The predicted octanol–water partition coefficient (Wildman–Crippen LogP) is 4.00. The monoisotopic (exact) mass is 333 g/mol. The van der Waals surface area contributed by atoms with Gasteiger partial charge in [-0.05, 0) is 57.4 Å². The number of methoxy groups -OCH3 is 1. The van der Waals surface area contributed by atoms with Crippen molar-refractivity contribution in [2.75, 3.05) is 19.0 Å². The lowest BCUT2D eigenvalue weighted by molar-refractivity contribution is 0.357. The molecule has 0 aromatic heterocycles. The smallest absolute Gasteiger partial charge is 0.133 e. The number of anilines is 1. The van der Waals surface area contributed by atoms with Crippen molar-refractivity contribution >= 4 is 21.6 Å². The molecule has 2 aromatic rings. The van der Waals surface area contributed by atoms with Crippen molar-refractivity contribution in [2.24, 2.45) is 0 Å². The summed E-state index contributed by atoms with van der Waals surface area (Å²) in [5.41, 5.74) is 3.61. The molecule has 20 heavy (non-hydrogen) atoms. The van der Waals surface area contributed by atoms with Gasteiger partial charge in [0.25, 0.3) is 0 Å². The number of hydrogen-bond donors (Lipinski definition) is 1. The molecule has 0 amide bonds. The summed E-state index contributed by atoms with van der Waals surface area (Å²) in [6.45, 7) is 1.58. The third-order valence-electron chi connectivity index (χ3n) is 3.40. The van der Waals surface area contributed by atoms with E-state index in [9.17, 15) is 0 Å². The molecule has 1 N–H and O–H groups in total. The van der Waals surface area contributed by atoms with Crippen LogP contribution in [0.1, 0.15) is 11.1 Å². The van der Waals surface area contributed by atoms with Crippen LogP contribution in [-0.4, -0.2) is 13.7 Å². The molecule has 0 saturated carbocycles. The van der Waals surface area contributed by atoms with Gasteiger partial charge >= 0.3 is 0 Å². The molecule has 104 valence electrons. The van der Waals surface area contributed by atoms with Crippen LogP contribution in [0.15, 0.2) is 40.9 Å². The van der Waals surface area contributed by atoms with Gasteiger partial charge in [0, 0.05) is 18.7 Å². The largest absolute Gasteiger partial charge is 0.496 e. The second-order valence-corrected chi connectivity index (χ2v) is 5.60. The van der Waals surface area contributed by atoms with Crippen LogP contribution in [0.25, 0.3) is 0 Å². The molecular formula is C16H16BrNO2. The maximum absolute atomic E-state index is 5.51. The van der Waals surface area contributed by atoms with Crippen LogP contribution >= 0.6 is 15.9 Å². The molecule has 3 rings (SSSR count). The fourth-order valence-corrected chi connectivity index (χ4v) is 2.91. The van der Waals surface area contributed by atoms with Crippen molar-refractivity contribution in [3.63, 3.8) is 0 Å². The Hall–Kier alpha value is -1.68. The van der Waals surface area contributed by atoms with Crippen molar-refractivity contribution in [2.45, 2.75) is 13.0 Å². The van der Waals surface area contributed by atoms with Gasteiger partial charge < -0.3 is 14.8 Å². The SMILES string of the molecule is COc1ccc(CNc2ccc3c(c2)CCO3)cc1Br. The van der Waals surface area contributed by atoms with Crippen LogP contribution in [0.2, 0.25) is 0 Å². The van der Waals surface area contributed by atoms with Gasteiger partial charge in [0.1, 0.15) is 11.5 Å². The molecule has 2 aromatic carbocycles. The standard InChI is InChI=1S/C16H16BrNO2/c1-19-16-4-2-11(8-14(16)17)10-18-13-3-5-15-12(9-13)6-7-20-15/h2-5,8-9,18H,6-7,10H2,1H3. The first-order valence-electron chi connectivity index (χ1n) is 6.58. The molecule has 1 aliphatic heterocycles. The lowest BCUT2D eigenvalue weighted by Crippen LogP contribution is -2.00. The molecule has 0 unspecified atom stereocenters. The third-order valence-corrected chi connectivity index (χ3v) is 4.02. The molecule has 0 bridgehead atoms. The van der Waals surface area contributed by atoms with Crippen molar-refractivity contribution in [1.82, 2.24) is 0 Å². The van der Waals surface area contributed by atoms with Gasteiger partial charge in [-0.2, -0.15) is 0 Å². The van der Waals surface area contributed by atoms with E-state index in [-0.39, 0.29) is 0 Å². The Labute approximate surface area is 127 Å². The number of fused-ring (bicyclic) bond motifs is 1. The van der Waals surface area contributed by atoms with Gasteiger partial charge in [0.15, 0.2) is 0 Å². The maximum Gasteiger partial charge on any atom is 0.133 e. The summed E-state index contributed by atoms with van der Waals surface area (Å²) in [5, 5.41) is 3.44. The van der Waals surface area contributed by atoms with E-state index >= 15 is 0 Å². The highest BCUT2D eigenvalue weighted by Crippen LogP contribution is 2.29. The Morgan fingerprint density at radius 1 is 1.25 bits per heavy atom. The van der Waals surface area contributed by atoms with Crippen LogP contribution in [0.4, 0.5) is 5.69 Å². The lowest BCUT2D eigenvalue weighted by Gasteiger charge is -2.10. The van der Waals surface area contributed by atoms with E-state index in [1.54, 1.807) is 7.11 Å². The van der Waals surface area contributed by atoms with Crippen molar-refractivity contribution in [3.05, 3.63) is 52.0 Å². The van der Waals surface area contributed by atoms with Crippen molar-refractivity contribution in [3.8, 4) is 11.5 Å². The minimum atomic E-state index is 0.780. The van der Waals surface area contributed by atoms with E-state index in [0.29, 0.717) is 0 Å². The number of hydrogen-bond acceptors (Lipinski definition) is 3. The van der Waals surface area contributed by atoms with Gasteiger partial charge in [0.2, 0.25) is 0 Å². The van der Waals surface area contributed by atoms with Crippen LogP contribution in [0, 0.1) is 0 Å². The molecule has 1 heterocycles. The quantitative estimate of drug-likeness (QED) is 0.917. The van der Waals surface area contributed by atoms with Crippen LogP contribution in [-0.2, 0) is 13.0 Å². The molecule has 0 radical (unpaired) electrons. The molecular weight excluding hydrogens is 318 g/mol. The van der Waals surface area contributed by atoms with Gasteiger partial charge in [-0.1, -0.05) is 6.07 Å². The Kier molecular flexibility index (Phi) is 3.83. The van der Waals surface area contributed by atoms with E-state index in [1.165, 1.54) is 11.1 Å². The summed E-state index contributed by atoms with van der Waals surface area (Å²) in [5.74, 6) is 1.87. The van der Waals surface area contributed by atoms with Crippen LogP contribution < -0.4 is 14.8 Å². The zero-order chi connectivity index (χ0) is 13.9. The molecule has 0 saturated heterocycles. The van der Waals surface area contributed by atoms with Crippen molar-refractivity contribution < 1.29 is 9.47 Å². The molecule has 3 nitrogen and oxygen atoms in total. The van der Waals surface area contributed by atoms with Gasteiger partial charge in [-0.3, -0.25) is 0 Å². The summed E-state index contributed by atoms with van der Waals surface area (Å²) in [4.78, 5) is 0. The summed E-state index contributed by atoms with van der Waals surface area (Å²) in [7, 11) is 1.67. The van der Waals surface area contributed by atoms with Gasteiger partial charge in [-0.15, -0.1) is 0 Å². The maximum atomic E-state index is 5.51. The summed E-state index contributed by atoms with van der Waals surface area (Å²) >= 11 is 3.50. The fourth-order valence-electron chi connectivity index (χ4n) is 2.32. The lowest BCUT2D eigenvalue weighted by atomic mass is 10.1. The first kappa shape index (κ1) is 13.3. The average molecular weight is 334 g/mol.